The van der Waals surface area contributed by atoms with Crippen LogP contribution in [0.4, 0.5) is 0 Å². The molecule has 0 amide bonds. The molecule has 0 heterocycles. The zero-order valence-corrected chi connectivity index (χ0v) is 44.1. The van der Waals surface area contributed by atoms with E-state index in [1.54, 1.807) is 11.1 Å². The predicted octanol–water partition coefficient (Wildman–Crippen LogP) is 18.7. The average molecular weight is 981 g/mol. The van der Waals surface area contributed by atoms with Gasteiger partial charge in [-0.25, -0.2) is 0 Å². The van der Waals surface area contributed by atoms with Crippen molar-refractivity contribution in [1.29, 1.82) is 0 Å². The van der Waals surface area contributed by atoms with Crippen molar-refractivity contribution < 1.29 is 23.3 Å². The predicted molar refractivity (Wildman–Crippen MR) is 286 cm³/mol. The maximum atomic E-state index is 3.06. The average Bonchev–Trinajstić information content (AvgIpc) is 3.90. The molecule has 0 saturated heterocycles. The number of benzene rings is 6. The quantitative estimate of drug-likeness (QED) is 0.0946. The van der Waals surface area contributed by atoms with Gasteiger partial charge in [-0.3, -0.25) is 0 Å². The van der Waals surface area contributed by atoms with Crippen molar-refractivity contribution in [3.8, 4) is 22.3 Å². The van der Waals surface area contributed by atoms with Gasteiger partial charge in [0.05, 0.1) is 0 Å². The number of rotatable bonds is 10. The molecule has 0 nitrogen and oxygen atoms in total. The van der Waals surface area contributed by atoms with Gasteiger partial charge in [0.25, 0.3) is 0 Å². The third-order valence-corrected chi connectivity index (χ3v) is 14.3. The van der Waals surface area contributed by atoms with Gasteiger partial charge in [0.15, 0.2) is 0 Å². The molecule has 0 N–H and O–H groups in total. The molecule has 2 aliphatic carbocycles. The first-order chi connectivity index (χ1) is 29.5. The van der Waals surface area contributed by atoms with Crippen LogP contribution in [0.5, 0.6) is 0 Å². The van der Waals surface area contributed by atoms with Crippen molar-refractivity contribution in [1.82, 2.24) is 0 Å². The molecule has 64 heavy (non-hydrogen) atoms. The second-order valence-electron chi connectivity index (χ2n) is 18.4. The molecule has 4 heteroatoms. The number of fused-ring (bicyclic) bond motifs is 4. The van der Waals surface area contributed by atoms with Gasteiger partial charge in [-0.15, -0.1) is 93.9 Å². The van der Waals surface area contributed by atoms with Crippen molar-refractivity contribution in [3.05, 3.63) is 172 Å². The SMILES string of the molecule is CCCC1(Cc2cc3c(-c4ccc5ccccc5c4)cccc3[cH-]2)CCCCC1.CCCC1(Cc2cc3c(-c4ccc5ccccc5c4)cccc3[cH-]2)CCCCC1.Cl.Cl.[CH3-].[CH3-].[Si]=[Zr]. The van der Waals surface area contributed by atoms with Crippen molar-refractivity contribution >= 4 is 74.8 Å². The zero-order valence-electron chi connectivity index (χ0n) is 39.0. The summed E-state index contributed by atoms with van der Waals surface area (Å²) in [6.07, 6.45) is 22.1. The Morgan fingerprint density at radius 1 is 0.453 bits per heavy atom. The molecule has 8 aromatic carbocycles. The minimum atomic E-state index is 0. The summed E-state index contributed by atoms with van der Waals surface area (Å²) in [4.78, 5) is 0. The van der Waals surface area contributed by atoms with Crippen LogP contribution in [-0.2, 0) is 36.2 Å². The van der Waals surface area contributed by atoms with Gasteiger partial charge in [0.1, 0.15) is 0 Å². The van der Waals surface area contributed by atoms with Crippen LogP contribution in [0.2, 0.25) is 0 Å². The van der Waals surface area contributed by atoms with Gasteiger partial charge in [0.2, 0.25) is 0 Å². The zero-order chi connectivity index (χ0) is 41.4. The van der Waals surface area contributed by atoms with Crippen LogP contribution in [0.3, 0.4) is 0 Å². The molecule has 0 spiro atoms. The van der Waals surface area contributed by atoms with Crippen LogP contribution in [0.25, 0.3) is 65.3 Å². The Hall–Kier alpha value is -3.26. The van der Waals surface area contributed by atoms with Crippen molar-refractivity contribution in [2.24, 2.45) is 10.8 Å². The molecule has 0 aromatic heterocycles. The van der Waals surface area contributed by atoms with E-state index < -0.39 is 0 Å². The molecule has 0 bridgehead atoms. The summed E-state index contributed by atoms with van der Waals surface area (Å²) in [5.74, 6) is 0. The first-order valence-corrected chi connectivity index (χ1v) is 27.3. The van der Waals surface area contributed by atoms with Gasteiger partial charge in [0, 0.05) is 0 Å². The second-order valence-corrected chi connectivity index (χ2v) is 18.4. The molecule has 0 atom stereocenters. The Labute approximate surface area is 416 Å². The van der Waals surface area contributed by atoms with Crippen LogP contribution < -0.4 is 0 Å². The Morgan fingerprint density at radius 2 is 0.828 bits per heavy atom. The van der Waals surface area contributed by atoms with Crippen LogP contribution in [0.15, 0.2) is 146 Å². The first kappa shape index (κ1) is 53.4. The van der Waals surface area contributed by atoms with Crippen LogP contribution >= 0.6 is 24.8 Å². The molecule has 2 fully saturated rings. The summed E-state index contributed by atoms with van der Waals surface area (Å²) >= 11 is 1.36. The van der Waals surface area contributed by atoms with Crippen LogP contribution in [0, 0.1) is 25.7 Å². The third-order valence-electron chi connectivity index (χ3n) is 14.3. The molecule has 336 valence electrons. The Bertz CT molecular complexity index is 2460. The van der Waals surface area contributed by atoms with E-state index in [2.05, 4.69) is 166 Å². The van der Waals surface area contributed by atoms with Crippen molar-refractivity contribution in [2.75, 3.05) is 0 Å². The summed E-state index contributed by atoms with van der Waals surface area (Å²) < 4.78 is 0. The molecule has 10 rings (SSSR count). The van der Waals surface area contributed by atoms with E-state index in [-0.39, 0.29) is 39.7 Å². The Kier molecular flexibility index (Phi) is 20.9. The van der Waals surface area contributed by atoms with Gasteiger partial charge < -0.3 is 14.9 Å². The molecule has 0 unspecified atom stereocenters. The summed E-state index contributed by atoms with van der Waals surface area (Å²) in [5.41, 5.74) is 9.56. The van der Waals surface area contributed by atoms with E-state index in [1.807, 2.05) is 0 Å². The number of hydrogen-bond donors (Lipinski definition) is 0. The molecular weight excluding hydrogens is 911 g/mol. The second kappa shape index (κ2) is 25.0. The van der Waals surface area contributed by atoms with Crippen molar-refractivity contribution in [3.63, 3.8) is 0 Å². The van der Waals surface area contributed by atoms with Gasteiger partial charge in [-0.2, -0.15) is 12.1 Å². The Balaban J connectivity index is 0.000000255. The Morgan fingerprint density at radius 3 is 1.20 bits per heavy atom. The minimum absolute atomic E-state index is 0. The van der Waals surface area contributed by atoms with Crippen LogP contribution in [-0.4, -0.2) is 6.88 Å². The molecule has 2 radical (unpaired) electrons. The van der Waals surface area contributed by atoms with Gasteiger partial charge in [-0.1, -0.05) is 161 Å². The van der Waals surface area contributed by atoms with E-state index in [4.69, 9.17) is 0 Å². The number of hydrogen-bond acceptors (Lipinski definition) is 0. The van der Waals surface area contributed by atoms with E-state index in [0.29, 0.717) is 10.8 Å². The fraction of sp³-hybridized carbons (Fsp3) is 0.333. The first-order valence-electron chi connectivity index (χ1n) is 23.1. The fourth-order valence-corrected chi connectivity index (χ4v) is 11.6. The molecule has 2 aliphatic rings. The molecule has 8 aromatic rings. The van der Waals surface area contributed by atoms with Gasteiger partial charge in [-0.05, 0) is 107 Å². The number of halogens is 2. The topological polar surface area (TPSA) is 0 Å². The summed E-state index contributed by atoms with van der Waals surface area (Å²) in [5, 5.41) is 10.9. The summed E-state index contributed by atoms with van der Waals surface area (Å²) in [6, 6.07) is 54.6. The van der Waals surface area contributed by atoms with E-state index in [0.717, 1.165) is 0 Å². The molecular formula is C60H70Cl2SiZr-4. The van der Waals surface area contributed by atoms with E-state index in [9.17, 15) is 0 Å². The van der Waals surface area contributed by atoms with E-state index >= 15 is 0 Å². The monoisotopic (exact) mass is 978 g/mol. The summed E-state index contributed by atoms with van der Waals surface area (Å²) in [6.45, 7) is 7.78. The van der Waals surface area contributed by atoms with Gasteiger partial charge >= 0.3 is 30.2 Å². The van der Waals surface area contributed by atoms with Crippen LogP contribution in [0.1, 0.15) is 115 Å². The third kappa shape index (κ3) is 12.2. The maximum absolute atomic E-state index is 3.06. The van der Waals surface area contributed by atoms with Crippen molar-refractivity contribution in [2.45, 2.75) is 117 Å². The van der Waals surface area contributed by atoms with E-state index in [1.165, 1.54) is 191 Å². The normalized spacial score (nSPS) is 15.0. The fourth-order valence-electron chi connectivity index (χ4n) is 11.6. The molecule has 2 saturated carbocycles. The summed E-state index contributed by atoms with van der Waals surface area (Å²) in [7, 11) is 0. The standard InChI is InChI=1S/2C29H31.2CH3.2ClH.Si.Zr/c2*1-2-15-29(16-6-3-7-17-29)21-22-18-25-11-8-12-27(28(25)19-22)26-14-13-23-9-4-5-10-24(23)20-26;;;;;;/h2*4-5,8-14,18-20H,2-3,6-7,15-17,21H2,1H3;2*1H3;2*1H;;/q4*-1;;;;. The molecule has 0 aliphatic heterocycles.